The minimum atomic E-state index is -0.465. The number of pyridine rings is 2. The molecule has 254 valence electrons. The summed E-state index contributed by atoms with van der Waals surface area (Å²) >= 11 is 0. The highest BCUT2D eigenvalue weighted by molar-refractivity contribution is 6.02. The second-order valence-electron chi connectivity index (χ2n) is 10.5. The van der Waals surface area contributed by atoms with E-state index in [-0.39, 0.29) is 30.7 Å². The van der Waals surface area contributed by atoms with E-state index in [1.165, 1.54) is 31.4 Å². The molecule has 0 spiro atoms. The van der Waals surface area contributed by atoms with Crippen LogP contribution < -0.4 is 11.1 Å². The maximum Gasteiger partial charge on any atom is 0.356 e. The number of halogens is 2. The second kappa shape index (κ2) is 18.2. The number of nitrogens with zero attached hydrogens (tertiary/aromatic N) is 6. The maximum atomic E-state index is 13.2. The summed E-state index contributed by atoms with van der Waals surface area (Å²) in [7, 11) is 4.89. The molecule has 2 aromatic carbocycles. The molecule has 13 heteroatoms. The topological polar surface area (TPSA) is 143 Å². The fraction of sp³-hybridized carbons (Fsp3) is 0.167. The first kappa shape index (κ1) is 37.2. The Hall–Kier alpha value is -6.24. The molecule has 0 radical (unpaired) electrons. The van der Waals surface area contributed by atoms with Crippen LogP contribution in [0.25, 0.3) is 0 Å². The SMILES string of the molecule is C.COC(=O)c1ccc(Cc2cccc(F)c2)cn1.Cn1ccc(C(=O)Nc2ccc(Cc3cccc(F)c3)cn2)n1.Cn1ccc(N)n1. The third-order valence-corrected chi connectivity index (χ3v) is 6.56. The van der Waals surface area contributed by atoms with Gasteiger partial charge in [-0.25, -0.2) is 23.5 Å². The minimum absolute atomic E-state index is 0. The first-order valence-corrected chi connectivity index (χ1v) is 14.6. The average molecular weight is 669 g/mol. The van der Waals surface area contributed by atoms with Crippen molar-refractivity contribution in [2.45, 2.75) is 20.3 Å². The number of esters is 1. The zero-order valence-corrected chi connectivity index (χ0v) is 26.5. The summed E-state index contributed by atoms with van der Waals surface area (Å²) in [6.45, 7) is 0. The number of carbonyl (C=O) groups is 2. The Labute approximate surface area is 283 Å². The third kappa shape index (κ3) is 12.1. The van der Waals surface area contributed by atoms with Crippen molar-refractivity contribution in [3.63, 3.8) is 0 Å². The molecule has 0 atom stereocenters. The van der Waals surface area contributed by atoms with E-state index < -0.39 is 5.97 Å². The first-order chi connectivity index (χ1) is 23.1. The standard InChI is InChI=1S/C17H15FN4O.C14H12FNO2.C4H7N3.CH4/c1-22-8-7-15(21-22)17(23)20-16-6-5-13(11-19-16)9-12-3-2-4-14(18)10-12;1-18-14(17)13-6-5-11(9-16-13)7-10-3-2-4-12(15)8-10;1-7-3-2-4(5)6-7;/h2-8,10-11H,9H2,1H3,(H,19,20,23);2-6,8-9H,7H2,1H3;2-3H,1H3,(H2,5,6);1H4. The molecule has 0 fully saturated rings. The minimum Gasteiger partial charge on any atom is -0.464 e. The van der Waals surface area contributed by atoms with E-state index in [4.69, 9.17) is 5.73 Å². The Morgan fingerprint density at radius 3 is 1.71 bits per heavy atom. The molecular weight excluding hydrogens is 630 g/mol. The number of hydrogen-bond donors (Lipinski definition) is 2. The van der Waals surface area contributed by atoms with Gasteiger partial charge in [0.15, 0.2) is 5.69 Å². The summed E-state index contributed by atoms with van der Waals surface area (Å²) in [5.74, 6) is -0.268. The lowest BCUT2D eigenvalue weighted by Gasteiger charge is -2.05. The number of rotatable bonds is 7. The quantitative estimate of drug-likeness (QED) is 0.196. The van der Waals surface area contributed by atoms with E-state index >= 15 is 0 Å². The van der Waals surface area contributed by atoms with Gasteiger partial charge in [0, 0.05) is 38.9 Å². The normalized spacial score (nSPS) is 9.98. The van der Waals surface area contributed by atoms with Gasteiger partial charge in [-0.3, -0.25) is 14.2 Å². The smallest absolute Gasteiger partial charge is 0.356 e. The zero-order valence-electron chi connectivity index (χ0n) is 26.5. The Kier molecular flexibility index (Phi) is 13.8. The molecule has 0 saturated heterocycles. The van der Waals surface area contributed by atoms with Crippen LogP contribution in [0.5, 0.6) is 0 Å². The van der Waals surface area contributed by atoms with E-state index in [0.29, 0.717) is 30.2 Å². The summed E-state index contributed by atoms with van der Waals surface area (Å²) in [5.41, 5.74) is 9.43. The van der Waals surface area contributed by atoms with Crippen LogP contribution in [0.15, 0.2) is 110 Å². The van der Waals surface area contributed by atoms with Crippen molar-refractivity contribution < 1.29 is 23.1 Å². The van der Waals surface area contributed by atoms with Gasteiger partial charge < -0.3 is 15.8 Å². The van der Waals surface area contributed by atoms with Gasteiger partial charge in [-0.2, -0.15) is 10.2 Å². The summed E-state index contributed by atoms with van der Waals surface area (Å²) in [6, 6.07) is 23.2. The lowest BCUT2D eigenvalue weighted by molar-refractivity contribution is 0.0594. The second-order valence-corrected chi connectivity index (χ2v) is 10.5. The van der Waals surface area contributed by atoms with Crippen LogP contribution in [-0.4, -0.2) is 48.5 Å². The van der Waals surface area contributed by atoms with Crippen LogP contribution in [0.3, 0.4) is 0 Å². The average Bonchev–Trinajstić information content (AvgIpc) is 3.69. The van der Waals surface area contributed by atoms with E-state index in [0.717, 1.165) is 22.3 Å². The molecule has 49 heavy (non-hydrogen) atoms. The molecule has 0 unspecified atom stereocenters. The van der Waals surface area contributed by atoms with Crippen LogP contribution in [0.4, 0.5) is 20.4 Å². The Balaban J connectivity index is 0.000000222. The van der Waals surface area contributed by atoms with Crippen molar-refractivity contribution in [1.29, 1.82) is 0 Å². The Morgan fingerprint density at radius 2 is 1.31 bits per heavy atom. The lowest BCUT2D eigenvalue weighted by atomic mass is 10.1. The van der Waals surface area contributed by atoms with Gasteiger partial charge >= 0.3 is 5.97 Å². The van der Waals surface area contributed by atoms with Gasteiger partial charge in [0.25, 0.3) is 5.91 Å². The number of methoxy groups -OCH3 is 1. The maximum absolute atomic E-state index is 13.2. The number of amides is 1. The molecule has 4 heterocycles. The fourth-order valence-corrected chi connectivity index (χ4v) is 4.27. The predicted molar refractivity (Wildman–Crippen MR) is 184 cm³/mol. The molecule has 4 aromatic heterocycles. The molecular formula is C36H38F2N8O3. The highest BCUT2D eigenvalue weighted by Gasteiger charge is 2.10. The Bertz CT molecular complexity index is 1920. The van der Waals surface area contributed by atoms with Gasteiger partial charge in [-0.1, -0.05) is 43.8 Å². The highest BCUT2D eigenvalue weighted by atomic mass is 19.1. The third-order valence-electron chi connectivity index (χ3n) is 6.56. The molecule has 0 saturated carbocycles. The number of aryl methyl sites for hydroxylation is 2. The number of ether oxygens (including phenoxy) is 1. The number of aromatic nitrogens is 6. The predicted octanol–water partition coefficient (Wildman–Crippen LogP) is 6.03. The number of benzene rings is 2. The molecule has 0 aliphatic carbocycles. The van der Waals surface area contributed by atoms with Crippen LogP contribution in [0, 0.1) is 11.6 Å². The molecule has 0 aliphatic rings. The largest absolute Gasteiger partial charge is 0.464 e. The van der Waals surface area contributed by atoms with Crippen molar-refractivity contribution in [2.75, 3.05) is 18.2 Å². The lowest BCUT2D eigenvalue weighted by Crippen LogP contribution is -2.14. The van der Waals surface area contributed by atoms with Gasteiger partial charge in [-0.15, -0.1) is 0 Å². The first-order valence-electron chi connectivity index (χ1n) is 14.6. The number of carbonyl (C=O) groups excluding carboxylic acids is 2. The molecule has 11 nitrogen and oxygen atoms in total. The van der Waals surface area contributed by atoms with E-state index in [9.17, 15) is 18.4 Å². The van der Waals surface area contributed by atoms with Crippen LogP contribution in [-0.2, 0) is 31.7 Å². The van der Waals surface area contributed by atoms with Crippen molar-refractivity contribution in [2.24, 2.45) is 14.1 Å². The Morgan fingerprint density at radius 1 is 0.735 bits per heavy atom. The molecule has 1 amide bonds. The van der Waals surface area contributed by atoms with Crippen molar-refractivity contribution in [3.05, 3.63) is 155 Å². The van der Waals surface area contributed by atoms with E-state index in [1.807, 2.05) is 25.2 Å². The molecule has 0 aliphatic heterocycles. The number of hydrogen-bond acceptors (Lipinski definition) is 8. The van der Waals surface area contributed by atoms with Gasteiger partial charge in [0.05, 0.1) is 7.11 Å². The number of nitrogen functional groups attached to an aromatic ring is 1. The monoisotopic (exact) mass is 668 g/mol. The van der Waals surface area contributed by atoms with Crippen LogP contribution in [0.2, 0.25) is 0 Å². The van der Waals surface area contributed by atoms with Crippen molar-refractivity contribution in [3.8, 4) is 0 Å². The molecule has 6 aromatic rings. The van der Waals surface area contributed by atoms with Crippen LogP contribution >= 0.6 is 0 Å². The summed E-state index contributed by atoms with van der Waals surface area (Å²) in [6.07, 6.45) is 7.92. The van der Waals surface area contributed by atoms with Gasteiger partial charge in [0.2, 0.25) is 0 Å². The molecule has 3 N–H and O–H groups in total. The summed E-state index contributed by atoms with van der Waals surface area (Å²) in [4.78, 5) is 31.4. The summed E-state index contributed by atoms with van der Waals surface area (Å²) in [5, 5.41) is 10.5. The van der Waals surface area contributed by atoms with Crippen LogP contribution in [0.1, 0.15) is 50.7 Å². The number of nitrogens with one attached hydrogen (secondary N) is 1. The fourth-order valence-electron chi connectivity index (χ4n) is 4.27. The zero-order chi connectivity index (χ0) is 34.5. The van der Waals surface area contributed by atoms with Crippen molar-refractivity contribution >= 4 is 23.5 Å². The highest BCUT2D eigenvalue weighted by Crippen LogP contribution is 2.13. The van der Waals surface area contributed by atoms with Gasteiger partial charge in [0.1, 0.15) is 29.0 Å². The van der Waals surface area contributed by atoms with Gasteiger partial charge in [-0.05, 0) is 83.6 Å². The summed E-state index contributed by atoms with van der Waals surface area (Å²) < 4.78 is 34.0. The number of anilines is 2. The molecule has 0 bridgehead atoms. The van der Waals surface area contributed by atoms with E-state index in [2.05, 4.69) is 30.2 Å². The van der Waals surface area contributed by atoms with E-state index in [1.54, 1.807) is 83.7 Å². The number of nitrogens with two attached hydrogens (primary N) is 1. The van der Waals surface area contributed by atoms with Crippen molar-refractivity contribution in [1.82, 2.24) is 29.5 Å². The molecule has 6 rings (SSSR count).